The molecule has 0 bridgehead atoms. The second-order valence-corrected chi connectivity index (χ2v) is 2.50. The Balaban J connectivity index is -0.0000000891. The number of hydrogen-bond acceptors (Lipinski definition) is 4. The van der Waals surface area contributed by atoms with Gasteiger partial charge in [-0.2, -0.15) is 0 Å². The quantitative estimate of drug-likeness (QED) is 0.540. The van der Waals surface area contributed by atoms with E-state index in [9.17, 15) is 4.79 Å². The Morgan fingerprint density at radius 1 is 1.14 bits per heavy atom. The molecule has 0 amide bonds. The van der Waals surface area contributed by atoms with Gasteiger partial charge in [-0.05, 0) is 13.8 Å². The molecule has 0 atom stereocenters. The summed E-state index contributed by atoms with van der Waals surface area (Å²) < 4.78 is 0. The van der Waals surface area contributed by atoms with Gasteiger partial charge in [0.05, 0.1) is 13.2 Å². The van der Waals surface area contributed by atoms with Gasteiger partial charge < -0.3 is 20.4 Å². The number of carboxylic acid groups (broad SMARTS) is 1. The summed E-state index contributed by atoms with van der Waals surface area (Å²) in [7, 11) is 0. The first kappa shape index (κ1) is 23.3. The fourth-order valence-electron chi connectivity index (χ4n) is 0.185. The second kappa shape index (κ2) is 12.3. The van der Waals surface area contributed by atoms with Crippen LogP contribution in [-0.4, -0.2) is 46.2 Å². The van der Waals surface area contributed by atoms with E-state index in [1.165, 1.54) is 6.92 Å². The van der Waals surface area contributed by atoms with Gasteiger partial charge >= 0.3 is 5.97 Å². The summed E-state index contributed by atoms with van der Waals surface area (Å²) in [6, 6.07) is 0. The molecule has 90 valence electrons. The summed E-state index contributed by atoms with van der Waals surface area (Å²) in [4.78, 5) is 10.2. The first-order chi connectivity index (χ1) is 5.48. The smallest absolute Gasteiger partial charge is 0.314 e. The predicted molar refractivity (Wildman–Crippen MR) is 56.1 cm³/mol. The largest absolute Gasteiger partial charge is 0.481 e. The molecule has 4 N–H and O–H groups in total. The van der Waals surface area contributed by atoms with Gasteiger partial charge in [0.2, 0.25) is 0 Å². The molecule has 0 saturated carbocycles. The molecule has 0 fully saturated rings. The van der Waals surface area contributed by atoms with Crippen LogP contribution in [0.5, 0.6) is 0 Å². The maximum absolute atomic E-state index is 10.2. The minimum Gasteiger partial charge on any atom is -0.481 e. The highest BCUT2D eigenvalue weighted by atomic mass is 16.4. The van der Waals surface area contributed by atoms with Crippen molar-refractivity contribution in [1.29, 1.82) is 0 Å². The average Bonchev–Trinajstić information content (AvgIpc) is 2.04. The Hall–Kier alpha value is -0.650. The predicted octanol–water partition coefficient (Wildman–Crippen LogP) is 0.333. The van der Waals surface area contributed by atoms with Crippen molar-refractivity contribution in [1.82, 2.24) is 0 Å². The first-order valence-corrected chi connectivity index (χ1v) is 3.54. The minimum atomic E-state index is -1.39. The van der Waals surface area contributed by atoms with Crippen LogP contribution in [0.2, 0.25) is 0 Å². The Morgan fingerprint density at radius 3 is 1.36 bits per heavy atom. The van der Waals surface area contributed by atoms with E-state index in [0.717, 1.165) is 0 Å². The van der Waals surface area contributed by atoms with E-state index in [-0.39, 0.29) is 21.5 Å². The van der Waals surface area contributed by atoms with Crippen molar-refractivity contribution >= 4 is 5.97 Å². The third-order valence-corrected chi connectivity index (χ3v) is 1.21. The summed E-state index contributed by atoms with van der Waals surface area (Å²) >= 11 is 0. The molecule has 14 heavy (non-hydrogen) atoms. The summed E-state index contributed by atoms with van der Waals surface area (Å²) in [6.45, 7) is 2.12. The van der Waals surface area contributed by atoms with Crippen LogP contribution in [0.25, 0.3) is 0 Å². The van der Waals surface area contributed by atoms with Crippen molar-refractivity contribution in [2.45, 2.75) is 28.7 Å². The zero-order valence-electron chi connectivity index (χ0n) is 7.32. The number of aliphatic hydroxyl groups excluding tert-OH is 3. The lowest BCUT2D eigenvalue weighted by Crippen LogP contribution is -2.35. The number of aliphatic hydroxyl groups is 3. The fraction of sp³-hybridized carbons (Fsp3) is 0.889. The molecular formula is C9H24O5. The van der Waals surface area contributed by atoms with Gasteiger partial charge in [0.25, 0.3) is 0 Å². The van der Waals surface area contributed by atoms with Crippen molar-refractivity contribution in [3.8, 4) is 0 Å². The average molecular weight is 212 g/mol. The summed E-state index contributed by atoms with van der Waals surface area (Å²) in [6.07, 6.45) is 0. The summed E-state index contributed by atoms with van der Waals surface area (Å²) in [5.74, 6) is -1.19. The van der Waals surface area contributed by atoms with Gasteiger partial charge in [-0.15, -0.1) is 0 Å². The number of carbonyl (C=O) groups is 1. The van der Waals surface area contributed by atoms with Gasteiger partial charge in [-0.25, -0.2) is 0 Å². The van der Waals surface area contributed by atoms with Crippen molar-refractivity contribution < 1.29 is 25.2 Å². The maximum atomic E-state index is 10.2. The number of rotatable bonds is 3. The molecule has 5 heteroatoms. The van der Waals surface area contributed by atoms with Crippen LogP contribution in [0.15, 0.2) is 0 Å². The zero-order chi connectivity index (χ0) is 10.2. The van der Waals surface area contributed by atoms with Crippen LogP contribution < -0.4 is 0 Å². The van der Waals surface area contributed by atoms with E-state index in [2.05, 4.69) is 0 Å². The van der Waals surface area contributed by atoms with Gasteiger partial charge in [-0.3, -0.25) is 4.79 Å². The monoisotopic (exact) mass is 212 g/mol. The lowest BCUT2D eigenvalue weighted by molar-refractivity contribution is -0.152. The molecular weight excluding hydrogens is 188 g/mol. The zero-order valence-corrected chi connectivity index (χ0v) is 7.32. The highest BCUT2D eigenvalue weighted by Gasteiger charge is 2.31. The standard InChI is InChI=1S/C5H10O4.C2H6O.2CH4/c1-5(2-6,3-7)4(8)9;1-2-3;;/h6-7H,2-3H2,1H3,(H,8,9);3H,2H2,1H3;2*1H4. The molecule has 0 aliphatic heterocycles. The van der Waals surface area contributed by atoms with Crippen LogP contribution >= 0.6 is 0 Å². The molecule has 0 aliphatic carbocycles. The first-order valence-electron chi connectivity index (χ1n) is 3.54. The van der Waals surface area contributed by atoms with Gasteiger partial charge in [0, 0.05) is 6.61 Å². The third kappa shape index (κ3) is 9.44. The third-order valence-electron chi connectivity index (χ3n) is 1.21. The van der Waals surface area contributed by atoms with E-state index in [1.54, 1.807) is 6.92 Å². The highest BCUT2D eigenvalue weighted by Crippen LogP contribution is 2.12. The van der Waals surface area contributed by atoms with E-state index < -0.39 is 24.6 Å². The lowest BCUT2D eigenvalue weighted by Gasteiger charge is -2.17. The molecule has 0 rings (SSSR count). The van der Waals surface area contributed by atoms with Crippen molar-refractivity contribution in [2.24, 2.45) is 5.41 Å². The highest BCUT2D eigenvalue weighted by molar-refractivity contribution is 5.74. The van der Waals surface area contributed by atoms with Crippen molar-refractivity contribution in [3.63, 3.8) is 0 Å². The molecule has 0 spiro atoms. The minimum absolute atomic E-state index is 0. The second-order valence-electron chi connectivity index (χ2n) is 2.50. The van der Waals surface area contributed by atoms with Gasteiger partial charge in [0.15, 0.2) is 0 Å². The maximum Gasteiger partial charge on any atom is 0.314 e. The molecule has 0 saturated heterocycles. The Bertz CT molecular complexity index is 120. The van der Waals surface area contributed by atoms with Gasteiger partial charge in [-0.1, -0.05) is 14.9 Å². The van der Waals surface area contributed by atoms with Crippen LogP contribution in [0, 0.1) is 5.41 Å². The Morgan fingerprint density at radius 2 is 1.36 bits per heavy atom. The Kier molecular flexibility index (Phi) is 20.5. The van der Waals surface area contributed by atoms with E-state index in [1.807, 2.05) is 0 Å². The van der Waals surface area contributed by atoms with Crippen molar-refractivity contribution in [3.05, 3.63) is 0 Å². The number of carboxylic acids is 1. The summed E-state index contributed by atoms with van der Waals surface area (Å²) in [5.41, 5.74) is -1.39. The Labute approximate surface area is 86.0 Å². The topological polar surface area (TPSA) is 98.0 Å². The van der Waals surface area contributed by atoms with Crippen LogP contribution in [-0.2, 0) is 4.79 Å². The molecule has 0 radical (unpaired) electrons. The van der Waals surface area contributed by atoms with Crippen LogP contribution in [0.1, 0.15) is 28.7 Å². The molecule has 5 nitrogen and oxygen atoms in total. The lowest BCUT2D eigenvalue weighted by atomic mass is 9.94. The molecule has 0 aromatic carbocycles. The van der Waals surface area contributed by atoms with E-state index in [0.29, 0.717) is 0 Å². The van der Waals surface area contributed by atoms with Crippen LogP contribution in [0.4, 0.5) is 0 Å². The van der Waals surface area contributed by atoms with E-state index in [4.69, 9.17) is 20.4 Å². The van der Waals surface area contributed by atoms with Gasteiger partial charge in [0.1, 0.15) is 5.41 Å². The van der Waals surface area contributed by atoms with Crippen molar-refractivity contribution in [2.75, 3.05) is 19.8 Å². The summed E-state index contributed by atoms with van der Waals surface area (Å²) in [5, 5.41) is 32.7. The molecule has 0 unspecified atom stereocenters. The number of hydrogen-bond donors (Lipinski definition) is 4. The fourth-order valence-corrected chi connectivity index (χ4v) is 0.185. The molecule has 0 aliphatic rings. The van der Waals surface area contributed by atoms with E-state index >= 15 is 0 Å². The molecule has 0 heterocycles. The number of aliphatic carboxylic acids is 1. The SMILES string of the molecule is C.C.CC(CO)(CO)C(=O)O.CCO. The van der Waals surface area contributed by atoms with Crippen LogP contribution in [0.3, 0.4) is 0 Å². The molecule has 0 aromatic rings. The normalized spacial score (nSPS) is 8.64. The molecule has 0 aromatic heterocycles.